The molecule has 2 amide bonds. The Kier molecular flexibility index (Phi) is 10.3. The highest BCUT2D eigenvalue weighted by molar-refractivity contribution is 5.78. The number of likely N-dealkylation sites (tertiary alicyclic amines) is 1. The number of amides is 2. The maximum absolute atomic E-state index is 12.8. The van der Waals surface area contributed by atoms with E-state index in [0.29, 0.717) is 62.2 Å². The van der Waals surface area contributed by atoms with Crippen LogP contribution in [0.25, 0.3) is 0 Å². The molecule has 2 aromatic heterocycles. The van der Waals surface area contributed by atoms with Crippen molar-refractivity contribution >= 4 is 23.8 Å². The number of ether oxygens (including phenoxy) is 2. The highest BCUT2D eigenvalue weighted by atomic mass is 16.6. The topological polar surface area (TPSA) is 139 Å². The third-order valence-corrected chi connectivity index (χ3v) is 9.08. The lowest BCUT2D eigenvalue weighted by molar-refractivity contribution is -0.135. The van der Waals surface area contributed by atoms with Crippen molar-refractivity contribution in [2.75, 3.05) is 49.1 Å². The first-order valence-corrected chi connectivity index (χ1v) is 16.5. The third-order valence-electron chi connectivity index (χ3n) is 9.08. The van der Waals surface area contributed by atoms with Crippen LogP contribution in [0.1, 0.15) is 91.8 Å². The van der Waals surface area contributed by atoms with Crippen molar-refractivity contribution in [2.45, 2.75) is 104 Å². The van der Waals surface area contributed by atoms with Gasteiger partial charge in [0.2, 0.25) is 11.8 Å². The van der Waals surface area contributed by atoms with E-state index in [1.54, 1.807) is 12.4 Å². The molecule has 248 valence electrons. The highest BCUT2D eigenvalue weighted by Gasteiger charge is 2.41. The summed E-state index contributed by atoms with van der Waals surface area (Å²) in [5.41, 5.74) is -0.608. The Labute approximate surface area is 266 Å². The fourth-order valence-electron chi connectivity index (χ4n) is 6.45. The van der Waals surface area contributed by atoms with Gasteiger partial charge in [0.1, 0.15) is 11.4 Å². The number of carbonyl (C=O) groups is 2. The maximum Gasteiger partial charge on any atom is 0.408 e. The SMILES string of the molecule is CC(C)c1noc(N2CCC([C@H](C)CCOc3cnc(N4CC(N5CCCCC5=O)[C@@H](NC(=O)OC(C)(C)C)C4)cn3)CC2)n1. The summed E-state index contributed by atoms with van der Waals surface area (Å²) in [5.74, 6) is 3.45. The van der Waals surface area contributed by atoms with Gasteiger partial charge in [0.05, 0.1) is 31.1 Å². The number of hydrogen-bond acceptors (Lipinski definition) is 11. The zero-order valence-electron chi connectivity index (χ0n) is 27.7. The molecular weight excluding hydrogens is 576 g/mol. The van der Waals surface area contributed by atoms with E-state index >= 15 is 0 Å². The minimum Gasteiger partial charge on any atom is -0.477 e. The Morgan fingerprint density at radius 3 is 2.49 bits per heavy atom. The Morgan fingerprint density at radius 2 is 1.84 bits per heavy atom. The lowest BCUT2D eigenvalue weighted by atomic mass is 9.84. The predicted octanol–water partition coefficient (Wildman–Crippen LogP) is 4.40. The van der Waals surface area contributed by atoms with Crippen molar-refractivity contribution in [1.29, 1.82) is 0 Å². The first-order chi connectivity index (χ1) is 21.5. The molecule has 0 bridgehead atoms. The van der Waals surface area contributed by atoms with E-state index in [-0.39, 0.29) is 23.9 Å². The van der Waals surface area contributed by atoms with Crippen LogP contribution in [-0.2, 0) is 9.53 Å². The van der Waals surface area contributed by atoms with Crippen molar-refractivity contribution in [2.24, 2.45) is 11.8 Å². The lowest BCUT2D eigenvalue weighted by Crippen LogP contribution is -2.54. The maximum atomic E-state index is 12.8. The predicted molar refractivity (Wildman–Crippen MR) is 169 cm³/mol. The van der Waals surface area contributed by atoms with Crippen LogP contribution in [0.15, 0.2) is 16.9 Å². The first-order valence-electron chi connectivity index (χ1n) is 16.5. The van der Waals surface area contributed by atoms with E-state index in [1.165, 1.54) is 0 Å². The fraction of sp³-hybridized carbons (Fsp3) is 0.750. The average molecular weight is 627 g/mol. The average Bonchev–Trinajstić information content (AvgIpc) is 3.65. The second-order valence-corrected chi connectivity index (χ2v) is 14.0. The normalized spacial score (nSPS) is 22.2. The molecule has 3 fully saturated rings. The molecule has 45 heavy (non-hydrogen) atoms. The van der Waals surface area contributed by atoms with E-state index in [9.17, 15) is 9.59 Å². The number of hydrogen-bond donors (Lipinski definition) is 1. The van der Waals surface area contributed by atoms with Crippen LogP contribution in [0.5, 0.6) is 5.88 Å². The van der Waals surface area contributed by atoms with Crippen LogP contribution < -0.4 is 19.9 Å². The summed E-state index contributed by atoms with van der Waals surface area (Å²) >= 11 is 0. The summed E-state index contributed by atoms with van der Waals surface area (Å²) in [5, 5.41) is 7.11. The van der Waals surface area contributed by atoms with E-state index in [1.807, 2.05) is 25.7 Å². The van der Waals surface area contributed by atoms with Gasteiger partial charge in [-0.2, -0.15) is 4.98 Å². The van der Waals surface area contributed by atoms with Crippen molar-refractivity contribution in [3.63, 3.8) is 0 Å². The molecule has 1 unspecified atom stereocenters. The monoisotopic (exact) mass is 626 g/mol. The number of nitrogens with zero attached hydrogens (tertiary/aromatic N) is 7. The molecule has 2 aromatic rings. The van der Waals surface area contributed by atoms with Gasteiger partial charge in [-0.15, -0.1) is 0 Å². The van der Waals surface area contributed by atoms with Gasteiger partial charge in [-0.3, -0.25) is 4.79 Å². The first kappa shape index (κ1) is 32.7. The zero-order valence-corrected chi connectivity index (χ0v) is 27.7. The van der Waals surface area contributed by atoms with Crippen LogP contribution in [-0.4, -0.2) is 94.0 Å². The summed E-state index contributed by atoms with van der Waals surface area (Å²) in [7, 11) is 0. The van der Waals surface area contributed by atoms with Gasteiger partial charge in [0.25, 0.3) is 0 Å². The third kappa shape index (κ3) is 8.55. The summed E-state index contributed by atoms with van der Waals surface area (Å²) in [6.07, 6.45) is 8.39. The highest BCUT2D eigenvalue weighted by Crippen LogP contribution is 2.30. The van der Waals surface area contributed by atoms with Crippen molar-refractivity contribution < 1.29 is 23.6 Å². The van der Waals surface area contributed by atoms with Gasteiger partial charge >= 0.3 is 12.1 Å². The Bertz CT molecular complexity index is 1270. The minimum atomic E-state index is -0.608. The quantitative estimate of drug-likeness (QED) is 0.401. The van der Waals surface area contributed by atoms with E-state index < -0.39 is 11.7 Å². The van der Waals surface area contributed by atoms with Crippen LogP contribution in [0.3, 0.4) is 0 Å². The molecule has 13 heteroatoms. The molecule has 3 aliphatic heterocycles. The van der Waals surface area contributed by atoms with Gasteiger partial charge in [-0.25, -0.2) is 14.8 Å². The molecule has 1 N–H and O–H groups in total. The Balaban J connectivity index is 1.10. The standard InChI is InChI=1S/C32H50N8O5/c1-21(2)29-36-30(45-37-29)38-14-10-23(11-15-38)22(3)12-16-43-27-18-33-26(17-34-27)39-19-24(35-31(42)44-32(4,5)6)25(20-39)40-13-8-7-9-28(40)41/h17-18,21-25H,7-16,19-20H2,1-6H3,(H,35,42)/t22-,24+,25?/m1/s1. The van der Waals surface area contributed by atoms with Gasteiger partial charge < -0.3 is 34.0 Å². The molecule has 3 atom stereocenters. The second kappa shape index (κ2) is 14.2. The Hall–Kier alpha value is -3.64. The van der Waals surface area contributed by atoms with Gasteiger partial charge in [-0.05, 0) is 64.7 Å². The summed E-state index contributed by atoms with van der Waals surface area (Å²) in [6, 6.07) is 0.188. The number of piperidine rings is 2. The Morgan fingerprint density at radius 1 is 1.07 bits per heavy atom. The van der Waals surface area contributed by atoms with Crippen LogP contribution in [0.2, 0.25) is 0 Å². The molecule has 0 aliphatic carbocycles. The minimum absolute atomic E-state index is 0.130. The molecule has 0 aromatic carbocycles. The number of aromatic nitrogens is 4. The van der Waals surface area contributed by atoms with Crippen LogP contribution >= 0.6 is 0 Å². The molecule has 5 rings (SSSR count). The molecule has 0 spiro atoms. The number of anilines is 2. The van der Waals surface area contributed by atoms with Gasteiger partial charge in [-0.1, -0.05) is 25.9 Å². The van der Waals surface area contributed by atoms with Crippen molar-refractivity contribution in [1.82, 2.24) is 30.3 Å². The van der Waals surface area contributed by atoms with Gasteiger partial charge in [0.15, 0.2) is 5.82 Å². The smallest absolute Gasteiger partial charge is 0.408 e. The summed E-state index contributed by atoms with van der Waals surface area (Å²) < 4.78 is 17.0. The molecule has 3 aliphatic rings. The lowest BCUT2D eigenvalue weighted by Gasteiger charge is -2.35. The number of carbonyl (C=O) groups excluding carboxylic acids is 2. The number of rotatable bonds is 10. The second-order valence-electron chi connectivity index (χ2n) is 14.0. The largest absolute Gasteiger partial charge is 0.477 e. The summed E-state index contributed by atoms with van der Waals surface area (Å²) in [4.78, 5) is 45.3. The fourth-order valence-corrected chi connectivity index (χ4v) is 6.45. The zero-order chi connectivity index (χ0) is 32.1. The number of nitrogens with one attached hydrogen (secondary N) is 1. The summed E-state index contributed by atoms with van der Waals surface area (Å²) in [6.45, 7) is 16.1. The molecular formula is C32H50N8O5. The molecule has 13 nitrogen and oxygen atoms in total. The van der Waals surface area contributed by atoms with E-state index in [4.69, 9.17) is 14.0 Å². The van der Waals surface area contributed by atoms with E-state index in [2.05, 4.69) is 56.0 Å². The van der Waals surface area contributed by atoms with Crippen molar-refractivity contribution in [3.8, 4) is 5.88 Å². The molecule has 3 saturated heterocycles. The number of alkyl carbamates (subject to hydrolysis) is 1. The molecule has 0 saturated carbocycles. The van der Waals surface area contributed by atoms with Gasteiger partial charge in [0, 0.05) is 45.1 Å². The van der Waals surface area contributed by atoms with E-state index in [0.717, 1.165) is 51.0 Å². The molecule has 0 radical (unpaired) electrons. The van der Waals surface area contributed by atoms with Crippen LogP contribution in [0, 0.1) is 11.8 Å². The molecule has 5 heterocycles. The van der Waals surface area contributed by atoms with Crippen molar-refractivity contribution in [3.05, 3.63) is 18.2 Å². The van der Waals surface area contributed by atoms with Crippen LogP contribution in [0.4, 0.5) is 16.6 Å².